The summed E-state index contributed by atoms with van der Waals surface area (Å²) in [6.45, 7) is 1.41. The summed E-state index contributed by atoms with van der Waals surface area (Å²) >= 11 is 0. The van der Waals surface area contributed by atoms with Crippen LogP contribution in [0, 0.1) is 10.1 Å². The smallest absolute Gasteiger partial charge is 0.258 e. The molecule has 2 rings (SSSR count). The lowest BCUT2D eigenvalue weighted by molar-refractivity contribution is -0.387. The minimum absolute atomic E-state index is 0.118. The Balaban J connectivity index is 2.06. The maximum atomic E-state index is 12.4. The third-order valence-electron chi connectivity index (χ3n) is 4.13. The molecule has 0 amide bonds. The van der Waals surface area contributed by atoms with Crippen LogP contribution >= 0.6 is 0 Å². The van der Waals surface area contributed by atoms with E-state index in [9.17, 15) is 26.9 Å². The quantitative estimate of drug-likeness (QED) is 0.497. The van der Waals surface area contributed by atoms with Crippen LogP contribution in [0.2, 0.25) is 0 Å². The molecule has 9 nitrogen and oxygen atoms in total. The first-order valence-electron chi connectivity index (χ1n) is 8.36. The molecule has 1 aliphatic rings. The summed E-state index contributed by atoms with van der Waals surface area (Å²) < 4.78 is 54.2. The summed E-state index contributed by atoms with van der Waals surface area (Å²) in [4.78, 5) is 9.73. The van der Waals surface area contributed by atoms with Gasteiger partial charge < -0.3 is 0 Å². The lowest BCUT2D eigenvalue weighted by atomic mass is 9.96. The van der Waals surface area contributed by atoms with Crippen LogP contribution in [0.25, 0.3) is 0 Å². The molecule has 0 saturated heterocycles. The summed E-state index contributed by atoms with van der Waals surface area (Å²) in [5.41, 5.74) is -0.560. The Bertz CT molecular complexity index is 848. The molecule has 1 aliphatic carbocycles. The van der Waals surface area contributed by atoms with Gasteiger partial charge in [0.25, 0.3) is 5.69 Å². The van der Waals surface area contributed by atoms with Crippen molar-refractivity contribution in [1.29, 1.82) is 0 Å². The fourth-order valence-corrected chi connectivity index (χ4v) is 6.15. The van der Waals surface area contributed by atoms with E-state index in [2.05, 4.69) is 9.44 Å². The monoisotopic (exact) mass is 405 g/mol. The number of nitro benzene ring substituents is 1. The highest BCUT2D eigenvalue weighted by Gasteiger charge is 2.29. The lowest BCUT2D eigenvalue weighted by Crippen LogP contribution is -2.44. The normalized spacial score (nSPS) is 17.7. The van der Waals surface area contributed by atoms with Crippen LogP contribution in [-0.2, 0) is 20.0 Å². The van der Waals surface area contributed by atoms with Crippen molar-refractivity contribution in [3.8, 4) is 0 Å². The summed E-state index contributed by atoms with van der Waals surface area (Å²) in [6, 6.07) is 3.86. The Morgan fingerprint density at radius 3 is 2.38 bits per heavy atom. The van der Waals surface area contributed by atoms with E-state index in [0.29, 0.717) is 0 Å². The molecule has 0 spiro atoms. The molecule has 11 heteroatoms. The summed E-state index contributed by atoms with van der Waals surface area (Å²) in [5.74, 6) is -0.441. The number of nitrogens with one attached hydrogen (secondary N) is 2. The van der Waals surface area contributed by atoms with Crippen molar-refractivity contribution in [1.82, 2.24) is 9.44 Å². The molecule has 0 heterocycles. The average molecular weight is 405 g/mol. The molecule has 0 radical (unpaired) electrons. The lowest BCUT2D eigenvalue weighted by Gasteiger charge is -2.23. The van der Waals surface area contributed by atoms with Crippen LogP contribution in [0.1, 0.15) is 39.0 Å². The summed E-state index contributed by atoms with van der Waals surface area (Å²) in [7, 11) is -7.90. The predicted molar refractivity (Wildman–Crippen MR) is 96.7 cm³/mol. The topological polar surface area (TPSA) is 135 Å². The fourth-order valence-electron chi connectivity index (χ4n) is 3.05. The molecule has 0 aromatic heterocycles. The third kappa shape index (κ3) is 5.73. The van der Waals surface area contributed by atoms with Gasteiger partial charge in [0, 0.05) is 18.2 Å². The van der Waals surface area contributed by atoms with Crippen LogP contribution in [0.3, 0.4) is 0 Å². The highest BCUT2D eigenvalue weighted by molar-refractivity contribution is 7.90. The number of nitrogens with zero attached hydrogens (tertiary/aromatic N) is 1. The first-order valence-corrected chi connectivity index (χ1v) is 11.5. The van der Waals surface area contributed by atoms with Crippen molar-refractivity contribution in [2.45, 2.75) is 56.0 Å². The predicted octanol–water partition coefficient (Wildman–Crippen LogP) is 1.51. The Kier molecular flexibility index (Phi) is 6.72. The van der Waals surface area contributed by atoms with E-state index in [1.807, 2.05) is 0 Å². The molecule has 146 valence electrons. The first kappa shape index (κ1) is 20.7. The molecule has 1 unspecified atom stereocenters. The van der Waals surface area contributed by atoms with Gasteiger partial charge in [-0.25, -0.2) is 26.3 Å². The van der Waals surface area contributed by atoms with Gasteiger partial charge in [-0.1, -0.05) is 31.4 Å². The maximum absolute atomic E-state index is 12.4. The highest BCUT2D eigenvalue weighted by atomic mass is 32.2. The van der Waals surface area contributed by atoms with Crippen molar-refractivity contribution in [2.75, 3.05) is 5.75 Å². The zero-order chi connectivity index (χ0) is 19.4. The second kappa shape index (κ2) is 8.42. The minimum atomic E-state index is -4.22. The second-order valence-corrected chi connectivity index (χ2v) is 9.96. The van der Waals surface area contributed by atoms with Crippen LogP contribution < -0.4 is 9.44 Å². The molecular formula is C15H23N3O6S2. The minimum Gasteiger partial charge on any atom is -0.258 e. The molecule has 1 saturated carbocycles. The zero-order valence-corrected chi connectivity index (χ0v) is 16.1. The van der Waals surface area contributed by atoms with Crippen molar-refractivity contribution in [2.24, 2.45) is 0 Å². The van der Waals surface area contributed by atoms with E-state index in [1.54, 1.807) is 0 Å². The number of nitro groups is 1. The molecular weight excluding hydrogens is 382 g/mol. The molecule has 1 atom stereocenters. The standard InChI is InChI=1S/C15H23N3O6S2/c1-12(11-25(21,22)17-13-7-3-2-4-8-13)16-26(23,24)15-10-6-5-9-14(15)18(19)20/h5-6,9-10,12-13,16-17H,2-4,7-8,11H2,1H3. The largest absolute Gasteiger partial charge is 0.289 e. The van der Waals surface area contributed by atoms with Crippen LogP contribution in [0.4, 0.5) is 5.69 Å². The second-order valence-electron chi connectivity index (χ2n) is 6.48. The number of hydrogen-bond acceptors (Lipinski definition) is 6. The Hall–Kier alpha value is -1.56. The summed E-state index contributed by atoms with van der Waals surface area (Å²) in [6.07, 6.45) is 4.56. The van der Waals surface area contributed by atoms with Crippen molar-refractivity contribution < 1.29 is 21.8 Å². The number of sulfonamides is 2. The maximum Gasteiger partial charge on any atom is 0.289 e. The average Bonchev–Trinajstić information content (AvgIpc) is 2.54. The first-order chi connectivity index (χ1) is 12.1. The van der Waals surface area contributed by atoms with Gasteiger partial charge in [0.2, 0.25) is 20.0 Å². The van der Waals surface area contributed by atoms with E-state index in [0.717, 1.165) is 44.2 Å². The number of benzene rings is 1. The fraction of sp³-hybridized carbons (Fsp3) is 0.600. The van der Waals surface area contributed by atoms with Crippen LogP contribution in [0.15, 0.2) is 29.2 Å². The van der Waals surface area contributed by atoms with E-state index >= 15 is 0 Å². The van der Waals surface area contributed by atoms with Crippen molar-refractivity contribution in [3.63, 3.8) is 0 Å². The Labute approximate surface area is 153 Å². The van der Waals surface area contributed by atoms with Crippen LogP contribution in [0.5, 0.6) is 0 Å². The molecule has 0 aliphatic heterocycles. The van der Waals surface area contributed by atoms with E-state index in [-0.39, 0.29) is 6.04 Å². The Morgan fingerprint density at radius 2 is 1.77 bits per heavy atom. The molecule has 2 N–H and O–H groups in total. The van der Waals surface area contributed by atoms with E-state index in [4.69, 9.17) is 0 Å². The molecule has 26 heavy (non-hydrogen) atoms. The number of rotatable bonds is 8. The highest BCUT2D eigenvalue weighted by Crippen LogP contribution is 2.23. The zero-order valence-electron chi connectivity index (χ0n) is 14.4. The van der Waals surface area contributed by atoms with E-state index in [1.165, 1.54) is 19.1 Å². The molecule has 1 fully saturated rings. The third-order valence-corrected chi connectivity index (χ3v) is 7.40. The Morgan fingerprint density at radius 1 is 1.15 bits per heavy atom. The summed E-state index contributed by atoms with van der Waals surface area (Å²) in [5, 5.41) is 11.0. The van der Waals surface area contributed by atoms with Gasteiger partial charge in [0.15, 0.2) is 4.90 Å². The van der Waals surface area contributed by atoms with Gasteiger partial charge in [-0.2, -0.15) is 0 Å². The van der Waals surface area contributed by atoms with Gasteiger partial charge >= 0.3 is 0 Å². The van der Waals surface area contributed by atoms with Crippen molar-refractivity contribution >= 4 is 25.7 Å². The SMILES string of the molecule is CC(CS(=O)(=O)NC1CCCCC1)NS(=O)(=O)c1ccccc1[N+](=O)[O-]. The molecule has 0 bridgehead atoms. The molecule has 1 aromatic rings. The van der Waals surface area contributed by atoms with E-state index < -0.39 is 47.3 Å². The molecule has 1 aromatic carbocycles. The number of hydrogen-bond donors (Lipinski definition) is 2. The number of para-hydroxylation sites is 1. The van der Waals surface area contributed by atoms with Gasteiger partial charge in [-0.3, -0.25) is 10.1 Å². The van der Waals surface area contributed by atoms with Gasteiger partial charge in [0.1, 0.15) is 0 Å². The van der Waals surface area contributed by atoms with Crippen LogP contribution in [-0.4, -0.2) is 39.6 Å². The van der Waals surface area contributed by atoms with Gasteiger partial charge in [-0.15, -0.1) is 0 Å². The van der Waals surface area contributed by atoms with Crippen molar-refractivity contribution in [3.05, 3.63) is 34.4 Å². The van der Waals surface area contributed by atoms with Gasteiger partial charge in [-0.05, 0) is 25.8 Å². The van der Waals surface area contributed by atoms with Gasteiger partial charge in [0.05, 0.1) is 10.7 Å².